The third-order valence-electron chi connectivity index (χ3n) is 1.96. The summed E-state index contributed by atoms with van der Waals surface area (Å²) in [5, 5.41) is 8.67. The summed E-state index contributed by atoms with van der Waals surface area (Å²) >= 11 is 6.06. The largest absolute Gasteiger partial charge is 0.481 e. The Bertz CT molecular complexity index is 193. The molecule has 1 aliphatic rings. The second-order valence-electron chi connectivity index (χ2n) is 3.16. The maximum atomic E-state index is 10.5. The van der Waals surface area contributed by atoms with Gasteiger partial charge >= 0.3 is 5.97 Å². The van der Waals surface area contributed by atoms with Crippen LogP contribution in [0.2, 0.25) is 0 Å². The minimum Gasteiger partial charge on any atom is -0.481 e. The van der Waals surface area contributed by atoms with Gasteiger partial charge in [0, 0.05) is 4.75 Å². The van der Waals surface area contributed by atoms with E-state index in [1.54, 1.807) is 11.8 Å². The summed E-state index contributed by atoms with van der Waals surface area (Å²) < 4.78 is -0.378. The van der Waals surface area contributed by atoms with Crippen molar-refractivity contribution < 1.29 is 9.90 Å². The highest BCUT2D eigenvalue weighted by atomic mass is 35.5. The highest BCUT2D eigenvalue weighted by Gasteiger charge is 2.34. The number of hydrogen-bond donors (Lipinski definition) is 3. The number of nitrogens with two attached hydrogens (primary N) is 1. The molecule has 0 radical (unpaired) electrons. The van der Waals surface area contributed by atoms with Crippen LogP contribution in [-0.4, -0.2) is 26.9 Å². The van der Waals surface area contributed by atoms with Gasteiger partial charge in [0.1, 0.15) is 0 Å². The molecule has 0 saturated carbocycles. The van der Waals surface area contributed by atoms with Crippen LogP contribution in [0.5, 0.6) is 0 Å². The van der Waals surface area contributed by atoms with Crippen molar-refractivity contribution in [2.24, 2.45) is 5.73 Å². The number of carboxylic acid groups (broad SMARTS) is 1. The standard InChI is InChI=1S/C7H13NO2S2.ClH/c8-5-3-7(11,1-2-12-5)4-6(9)10;/h5,11H,1-4,8H2,(H,9,10);1H. The molecule has 0 bridgehead atoms. The molecule has 1 rings (SSSR count). The van der Waals surface area contributed by atoms with Crippen molar-refractivity contribution in [1.82, 2.24) is 0 Å². The van der Waals surface area contributed by atoms with Crippen LogP contribution in [0.1, 0.15) is 19.3 Å². The number of aliphatic carboxylic acids is 1. The molecular formula is C7H14ClNO2S2. The van der Waals surface area contributed by atoms with Crippen LogP contribution in [0.25, 0.3) is 0 Å². The number of carboxylic acids is 1. The minimum atomic E-state index is -0.788. The summed E-state index contributed by atoms with van der Waals surface area (Å²) in [6, 6.07) is 0. The maximum Gasteiger partial charge on any atom is 0.304 e. The lowest BCUT2D eigenvalue weighted by Gasteiger charge is -2.34. The SMILES string of the molecule is Cl.NC1CC(S)(CC(=O)O)CCS1. The fourth-order valence-corrected chi connectivity index (χ4v) is 3.34. The number of hydrogen-bond acceptors (Lipinski definition) is 4. The van der Waals surface area contributed by atoms with Crippen molar-refractivity contribution in [3.63, 3.8) is 0 Å². The Morgan fingerprint density at radius 1 is 1.77 bits per heavy atom. The van der Waals surface area contributed by atoms with Gasteiger partial charge in [0.2, 0.25) is 0 Å². The van der Waals surface area contributed by atoms with Crippen molar-refractivity contribution >= 4 is 42.8 Å². The Hall–Kier alpha value is 0.420. The van der Waals surface area contributed by atoms with E-state index in [-0.39, 0.29) is 28.9 Å². The number of thioether (sulfide) groups is 1. The van der Waals surface area contributed by atoms with E-state index in [0.29, 0.717) is 6.42 Å². The Balaban J connectivity index is 0.00000144. The van der Waals surface area contributed by atoms with Crippen LogP contribution < -0.4 is 5.73 Å². The molecule has 3 N–H and O–H groups in total. The molecule has 2 unspecified atom stereocenters. The lowest BCUT2D eigenvalue weighted by Crippen LogP contribution is -2.37. The molecule has 0 aliphatic carbocycles. The number of rotatable bonds is 2. The average molecular weight is 244 g/mol. The molecule has 1 saturated heterocycles. The molecule has 0 amide bonds. The third kappa shape index (κ3) is 4.44. The van der Waals surface area contributed by atoms with E-state index in [0.717, 1.165) is 12.2 Å². The summed E-state index contributed by atoms with van der Waals surface area (Å²) in [5.74, 6) is 0.127. The minimum absolute atomic E-state index is 0. The molecule has 1 aliphatic heterocycles. The lowest BCUT2D eigenvalue weighted by atomic mass is 9.96. The van der Waals surface area contributed by atoms with Gasteiger partial charge in [-0.25, -0.2) is 0 Å². The van der Waals surface area contributed by atoms with E-state index in [1.165, 1.54) is 0 Å². The van der Waals surface area contributed by atoms with E-state index < -0.39 is 5.97 Å². The van der Waals surface area contributed by atoms with Gasteiger partial charge in [-0.1, -0.05) is 0 Å². The number of halogens is 1. The van der Waals surface area contributed by atoms with E-state index >= 15 is 0 Å². The molecular weight excluding hydrogens is 230 g/mol. The molecule has 0 spiro atoms. The first-order valence-electron chi connectivity index (χ1n) is 3.83. The topological polar surface area (TPSA) is 63.3 Å². The zero-order valence-electron chi connectivity index (χ0n) is 7.10. The second kappa shape index (κ2) is 5.34. The molecule has 13 heavy (non-hydrogen) atoms. The van der Waals surface area contributed by atoms with E-state index in [4.69, 9.17) is 10.8 Å². The lowest BCUT2D eigenvalue weighted by molar-refractivity contribution is -0.137. The fourth-order valence-electron chi connectivity index (χ4n) is 1.38. The summed E-state index contributed by atoms with van der Waals surface area (Å²) in [4.78, 5) is 10.5. The maximum absolute atomic E-state index is 10.5. The Labute approximate surface area is 93.6 Å². The van der Waals surface area contributed by atoms with Gasteiger partial charge in [0.05, 0.1) is 11.8 Å². The summed E-state index contributed by atoms with van der Waals surface area (Å²) in [7, 11) is 0. The van der Waals surface area contributed by atoms with Crippen LogP contribution >= 0.6 is 36.8 Å². The Morgan fingerprint density at radius 2 is 2.38 bits per heavy atom. The van der Waals surface area contributed by atoms with Crippen LogP contribution in [-0.2, 0) is 4.79 Å². The van der Waals surface area contributed by atoms with Crippen LogP contribution in [0.15, 0.2) is 0 Å². The smallest absolute Gasteiger partial charge is 0.304 e. The van der Waals surface area contributed by atoms with Crippen molar-refractivity contribution in [1.29, 1.82) is 0 Å². The number of carbonyl (C=O) groups is 1. The molecule has 1 heterocycles. The van der Waals surface area contributed by atoms with Crippen LogP contribution in [0, 0.1) is 0 Å². The van der Waals surface area contributed by atoms with Crippen molar-refractivity contribution in [2.45, 2.75) is 29.4 Å². The highest BCUT2D eigenvalue weighted by molar-refractivity contribution is 8.00. The average Bonchev–Trinajstić information content (AvgIpc) is 1.82. The van der Waals surface area contributed by atoms with Gasteiger partial charge in [0.15, 0.2) is 0 Å². The first-order chi connectivity index (χ1) is 5.52. The van der Waals surface area contributed by atoms with E-state index in [1.807, 2.05) is 0 Å². The molecule has 0 aromatic carbocycles. The molecule has 2 atom stereocenters. The van der Waals surface area contributed by atoms with Gasteiger partial charge in [-0.2, -0.15) is 12.6 Å². The summed E-state index contributed by atoms with van der Waals surface area (Å²) in [5.41, 5.74) is 5.71. The van der Waals surface area contributed by atoms with E-state index in [9.17, 15) is 4.79 Å². The molecule has 0 aromatic rings. The Morgan fingerprint density at radius 3 is 2.85 bits per heavy atom. The van der Waals surface area contributed by atoms with Crippen molar-refractivity contribution in [2.75, 3.05) is 5.75 Å². The second-order valence-corrected chi connectivity index (χ2v) is 5.45. The molecule has 0 aromatic heterocycles. The summed E-state index contributed by atoms with van der Waals surface area (Å²) in [6.07, 6.45) is 1.64. The molecule has 1 fully saturated rings. The first-order valence-corrected chi connectivity index (χ1v) is 5.33. The summed E-state index contributed by atoms with van der Waals surface area (Å²) in [6.45, 7) is 0. The quantitative estimate of drug-likeness (QED) is 0.641. The van der Waals surface area contributed by atoms with Gasteiger partial charge in [-0.3, -0.25) is 4.79 Å². The zero-order valence-corrected chi connectivity index (χ0v) is 9.63. The monoisotopic (exact) mass is 243 g/mol. The van der Waals surface area contributed by atoms with Crippen LogP contribution in [0.4, 0.5) is 0 Å². The van der Waals surface area contributed by atoms with Gasteiger partial charge < -0.3 is 10.8 Å². The normalized spacial score (nSPS) is 33.5. The van der Waals surface area contributed by atoms with Gasteiger partial charge in [-0.05, 0) is 18.6 Å². The van der Waals surface area contributed by atoms with Gasteiger partial charge in [0.25, 0.3) is 0 Å². The van der Waals surface area contributed by atoms with Crippen LogP contribution in [0.3, 0.4) is 0 Å². The molecule has 3 nitrogen and oxygen atoms in total. The Kier molecular flexibility index (Phi) is 5.51. The van der Waals surface area contributed by atoms with Gasteiger partial charge in [-0.15, -0.1) is 24.2 Å². The van der Waals surface area contributed by atoms with Crippen molar-refractivity contribution in [3.05, 3.63) is 0 Å². The zero-order chi connectivity index (χ0) is 9.19. The third-order valence-corrected chi connectivity index (χ3v) is 3.56. The highest BCUT2D eigenvalue weighted by Crippen LogP contribution is 2.37. The van der Waals surface area contributed by atoms with Crippen molar-refractivity contribution in [3.8, 4) is 0 Å². The predicted molar refractivity (Wildman–Crippen MR) is 60.9 cm³/mol. The van der Waals surface area contributed by atoms with E-state index in [2.05, 4.69) is 12.6 Å². The first kappa shape index (κ1) is 13.4. The number of thiol groups is 1. The molecule has 6 heteroatoms. The predicted octanol–water partition coefficient (Wildman–Crippen LogP) is 1.36. The molecule has 78 valence electrons. The fraction of sp³-hybridized carbons (Fsp3) is 0.857.